The van der Waals surface area contributed by atoms with E-state index in [1.54, 1.807) is 12.4 Å². The number of nitro benzene ring substituents is 1. The zero-order valence-corrected chi connectivity index (χ0v) is 18.7. The first-order valence-corrected chi connectivity index (χ1v) is 11.1. The second-order valence-electron chi connectivity index (χ2n) is 7.14. The third-order valence-corrected chi connectivity index (χ3v) is 5.76. The Morgan fingerprint density at radius 3 is 2.56 bits per heavy atom. The van der Waals surface area contributed by atoms with Gasteiger partial charge in [-0.2, -0.15) is 0 Å². The van der Waals surface area contributed by atoms with Gasteiger partial charge in [0, 0.05) is 35.7 Å². The summed E-state index contributed by atoms with van der Waals surface area (Å²) in [6.45, 7) is 1.96. The van der Waals surface area contributed by atoms with E-state index in [4.69, 9.17) is 0 Å². The lowest BCUT2D eigenvalue weighted by atomic mass is 10.2. The number of para-hydroxylation sites is 1. The molecule has 1 N–H and O–H groups in total. The highest BCUT2D eigenvalue weighted by molar-refractivity contribution is 7.99. The summed E-state index contributed by atoms with van der Waals surface area (Å²) in [5, 5.41) is 22.2. The highest BCUT2D eigenvalue weighted by Crippen LogP contribution is 2.29. The van der Waals surface area contributed by atoms with Crippen molar-refractivity contribution in [1.29, 1.82) is 0 Å². The fourth-order valence-corrected chi connectivity index (χ4v) is 3.95. The molecule has 2 aromatic carbocycles. The summed E-state index contributed by atoms with van der Waals surface area (Å²) in [5.41, 5.74) is 2.45. The molecular formula is C23H18N6O4S. The van der Waals surface area contributed by atoms with Crippen molar-refractivity contribution in [2.24, 2.45) is 0 Å². The van der Waals surface area contributed by atoms with E-state index in [-0.39, 0.29) is 17.0 Å². The molecule has 0 spiro atoms. The van der Waals surface area contributed by atoms with Crippen molar-refractivity contribution < 1.29 is 14.5 Å². The Kier molecular flexibility index (Phi) is 6.74. The minimum atomic E-state index is -0.716. The summed E-state index contributed by atoms with van der Waals surface area (Å²) < 4.78 is 1.85. The van der Waals surface area contributed by atoms with Crippen molar-refractivity contribution in [2.75, 3.05) is 5.75 Å². The van der Waals surface area contributed by atoms with Crippen molar-refractivity contribution in [2.45, 2.75) is 12.1 Å². The van der Waals surface area contributed by atoms with Gasteiger partial charge < -0.3 is 0 Å². The number of aromatic nitrogens is 4. The highest BCUT2D eigenvalue weighted by Gasteiger charge is 2.20. The fourth-order valence-electron chi connectivity index (χ4n) is 3.21. The van der Waals surface area contributed by atoms with E-state index in [9.17, 15) is 19.7 Å². The minimum Gasteiger partial charge on any atom is -0.292 e. The molecule has 0 aliphatic heterocycles. The van der Waals surface area contributed by atoms with Gasteiger partial charge in [0.15, 0.2) is 11.0 Å². The number of benzene rings is 2. The topological polar surface area (TPSA) is 133 Å². The molecule has 10 nitrogen and oxygen atoms in total. The average molecular weight is 475 g/mol. The maximum Gasteiger partial charge on any atom is 0.270 e. The lowest BCUT2D eigenvalue weighted by molar-refractivity contribution is -0.384. The SMILES string of the molecule is Cc1ccccc1-n1c(SCC(=O)NC(=O)c2cccc([N+](=O)[O-])c2)nnc1-c1ccncc1. The lowest BCUT2D eigenvalue weighted by Gasteiger charge is -2.12. The number of nitrogens with zero attached hydrogens (tertiary/aromatic N) is 5. The molecule has 170 valence electrons. The van der Waals surface area contributed by atoms with Gasteiger partial charge in [0.05, 0.1) is 16.4 Å². The van der Waals surface area contributed by atoms with Crippen molar-refractivity contribution >= 4 is 29.3 Å². The minimum absolute atomic E-state index is 0.0237. The van der Waals surface area contributed by atoms with Crippen LogP contribution in [0.25, 0.3) is 17.1 Å². The number of nitro groups is 1. The number of rotatable bonds is 7. The van der Waals surface area contributed by atoms with Crippen LogP contribution in [0.1, 0.15) is 15.9 Å². The Bertz CT molecular complexity index is 1370. The molecule has 0 bridgehead atoms. The molecule has 0 aliphatic rings. The lowest BCUT2D eigenvalue weighted by Crippen LogP contribution is -2.31. The Hall–Kier alpha value is -4.38. The van der Waals surface area contributed by atoms with Crippen LogP contribution in [0.15, 0.2) is 78.2 Å². The number of nitrogens with one attached hydrogen (secondary N) is 1. The van der Waals surface area contributed by atoms with Crippen molar-refractivity contribution in [3.63, 3.8) is 0 Å². The fraction of sp³-hybridized carbons (Fsp3) is 0.0870. The number of thioether (sulfide) groups is 1. The van der Waals surface area contributed by atoms with E-state index in [0.717, 1.165) is 34.6 Å². The van der Waals surface area contributed by atoms with E-state index in [0.29, 0.717) is 11.0 Å². The molecule has 0 unspecified atom stereocenters. The number of carbonyl (C=O) groups excluding carboxylic acids is 2. The van der Waals surface area contributed by atoms with Crippen LogP contribution in [0.4, 0.5) is 5.69 Å². The Morgan fingerprint density at radius 1 is 1.06 bits per heavy atom. The number of amides is 2. The van der Waals surface area contributed by atoms with Gasteiger partial charge in [0.1, 0.15) is 0 Å². The second kappa shape index (κ2) is 10.0. The smallest absolute Gasteiger partial charge is 0.270 e. The van der Waals surface area contributed by atoms with Gasteiger partial charge >= 0.3 is 0 Å². The molecule has 2 heterocycles. The summed E-state index contributed by atoms with van der Waals surface area (Å²) in [6.07, 6.45) is 3.32. The van der Waals surface area contributed by atoms with Crippen LogP contribution >= 0.6 is 11.8 Å². The molecular weight excluding hydrogens is 456 g/mol. The van der Waals surface area contributed by atoms with E-state index in [1.165, 1.54) is 18.2 Å². The first kappa shape index (κ1) is 22.8. The Morgan fingerprint density at radius 2 is 1.82 bits per heavy atom. The Balaban J connectivity index is 1.54. The molecule has 34 heavy (non-hydrogen) atoms. The molecule has 4 rings (SSSR count). The number of non-ortho nitro benzene ring substituents is 1. The van der Waals surface area contributed by atoms with Crippen LogP contribution in [0, 0.1) is 17.0 Å². The van der Waals surface area contributed by atoms with Crippen LogP contribution in [0.3, 0.4) is 0 Å². The van der Waals surface area contributed by atoms with Gasteiger partial charge in [-0.25, -0.2) is 0 Å². The summed E-state index contributed by atoms with van der Waals surface area (Å²) in [7, 11) is 0. The van der Waals surface area contributed by atoms with Crippen LogP contribution in [-0.4, -0.2) is 42.2 Å². The molecule has 11 heteroatoms. The maximum absolute atomic E-state index is 12.5. The standard InChI is InChI=1S/C23H18N6O4S/c1-15-5-2-3-8-19(15)28-21(16-9-11-24-12-10-16)26-27-23(28)34-14-20(30)25-22(31)17-6-4-7-18(13-17)29(32)33/h2-13H,14H2,1H3,(H,25,30,31). The maximum atomic E-state index is 12.5. The number of hydrogen-bond acceptors (Lipinski definition) is 8. The van der Waals surface area contributed by atoms with Crippen molar-refractivity contribution in [3.05, 3.63) is 94.3 Å². The van der Waals surface area contributed by atoms with Gasteiger partial charge in [-0.05, 0) is 36.8 Å². The summed E-state index contributed by atoms with van der Waals surface area (Å²) in [6, 6.07) is 16.5. The molecule has 0 fully saturated rings. The largest absolute Gasteiger partial charge is 0.292 e. The number of aryl methyl sites for hydroxylation is 1. The predicted octanol–water partition coefficient (Wildman–Crippen LogP) is 3.59. The summed E-state index contributed by atoms with van der Waals surface area (Å²) in [5.74, 6) is -0.799. The third kappa shape index (κ3) is 4.99. The zero-order chi connectivity index (χ0) is 24.1. The molecule has 0 atom stereocenters. The van der Waals surface area contributed by atoms with E-state index < -0.39 is 16.7 Å². The van der Waals surface area contributed by atoms with Crippen LogP contribution in [0.2, 0.25) is 0 Å². The first-order chi connectivity index (χ1) is 16.4. The molecule has 0 saturated heterocycles. The number of imide groups is 1. The average Bonchev–Trinajstić information content (AvgIpc) is 3.27. The predicted molar refractivity (Wildman–Crippen MR) is 126 cm³/mol. The van der Waals surface area contributed by atoms with Crippen LogP contribution in [-0.2, 0) is 4.79 Å². The van der Waals surface area contributed by atoms with Gasteiger partial charge in [0.2, 0.25) is 5.91 Å². The van der Waals surface area contributed by atoms with Gasteiger partial charge in [-0.1, -0.05) is 36.0 Å². The zero-order valence-electron chi connectivity index (χ0n) is 17.9. The highest BCUT2D eigenvalue weighted by atomic mass is 32.2. The van der Waals surface area contributed by atoms with Crippen molar-refractivity contribution in [1.82, 2.24) is 25.1 Å². The summed E-state index contributed by atoms with van der Waals surface area (Å²) >= 11 is 1.12. The monoisotopic (exact) mass is 474 g/mol. The van der Waals surface area contributed by atoms with Crippen LogP contribution < -0.4 is 5.32 Å². The van der Waals surface area contributed by atoms with Crippen LogP contribution in [0.5, 0.6) is 0 Å². The molecule has 2 amide bonds. The van der Waals surface area contributed by atoms with E-state index in [2.05, 4.69) is 20.5 Å². The van der Waals surface area contributed by atoms with E-state index in [1.807, 2.05) is 47.9 Å². The molecule has 4 aromatic rings. The number of hydrogen-bond donors (Lipinski definition) is 1. The Labute approximate surface area is 198 Å². The third-order valence-electron chi connectivity index (χ3n) is 4.83. The van der Waals surface area contributed by atoms with Gasteiger partial charge in [0.25, 0.3) is 11.6 Å². The first-order valence-electron chi connectivity index (χ1n) is 10.1. The van der Waals surface area contributed by atoms with E-state index >= 15 is 0 Å². The second-order valence-corrected chi connectivity index (χ2v) is 8.08. The molecule has 0 radical (unpaired) electrons. The summed E-state index contributed by atoms with van der Waals surface area (Å²) in [4.78, 5) is 39.2. The molecule has 2 aromatic heterocycles. The van der Waals surface area contributed by atoms with Gasteiger partial charge in [-0.3, -0.25) is 34.6 Å². The molecule has 0 aliphatic carbocycles. The molecule has 0 saturated carbocycles. The van der Waals surface area contributed by atoms with Gasteiger partial charge in [-0.15, -0.1) is 10.2 Å². The van der Waals surface area contributed by atoms with Crippen molar-refractivity contribution in [3.8, 4) is 17.1 Å². The quantitative estimate of drug-likeness (QED) is 0.244. The number of pyridine rings is 1. The normalized spacial score (nSPS) is 10.6. The number of carbonyl (C=O) groups is 2.